The first-order valence-electron chi connectivity index (χ1n) is 21.9. The molecule has 0 saturated heterocycles. The van der Waals surface area contributed by atoms with Crippen LogP contribution in [0.2, 0.25) is 0 Å². The number of hydrogen-bond donors (Lipinski definition) is 2. The number of carboxylic acids is 2. The van der Waals surface area contributed by atoms with Gasteiger partial charge in [-0.05, 0) is 129 Å². The molecule has 10 aromatic rings. The second-order valence-electron chi connectivity index (χ2n) is 15.4. The molecule has 0 fully saturated rings. The van der Waals surface area contributed by atoms with Crippen LogP contribution in [0.4, 0.5) is 0 Å². The SMILES string of the molecule is COc1ccc(C(=O)O)cc1.COc1ccc(C(=O)O)cc1.[Ru].c1ccc(P(c2ccccc2)c2ccc3ccccc3c2-c2c(P(c3ccccc3)c3ccccc3)ccc3ccccc23)cc1. The van der Waals surface area contributed by atoms with E-state index in [1.165, 1.54) is 103 Å². The van der Waals surface area contributed by atoms with Crippen molar-refractivity contribution in [3.63, 3.8) is 0 Å². The molecule has 342 valence electrons. The number of benzene rings is 10. The molecule has 0 saturated carbocycles. The van der Waals surface area contributed by atoms with Gasteiger partial charge in [-0.3, -0.25) is 0 Å². The molecule has 0 bridgehead atoms. The Morgan fingerprint density at radius 3 is 0.899 bits per heavy atom. The minimum absolute atomic E-state index is 0. The Morgan fingerprint density at radius 2 is 0.623 bits per heavy atom. The first kappa shape index (κ1) is 49.6. The van der Waals surface area contributed by atoms with Crippen molar-refractivity contribution in [3.05, 3.63) is 254 Å². The molecule has 0 unspecified atom stereocenters. The first-order chi connectivity index (χ1) is 33.3. The number of fused-ring (bicyclic) bond motifs is 2. The number of rotatable bonds is 11. The van der Waals surface area contributed by atoms with Crippen molar-refractivity contribution in [1.29, 1.82) is 0 Å². The van der Waals surface area contributed by atoms with E-state index in [1.54, 1.807) is 24.3 Å². The molecule has 0 aliphatic heterocycles. The number of aromatic carboxylic acids is 2. The molecule has 6 nitrogen and oxygen atoms in total. The Hall–Kier alpha value is -7.26. The molecule has 9 heteroatoms. The van der Waals surface area contributed by atoms with E-state index >= 15 is 0 Å². The average molecular weight is 1030 g/mol. The third-order valence-corrected chi connectivity index (χ3v) is 16.2. The quantitative estimate of drug-likeness (QED) is 0.0990. The fraction of sp³-hybridized carbons (Fsp3) is 0.0333. The maximum absolute atomic E-state index is 10.4. The zero-order valence-electron chi connectivity index (χ0n) is 37.9. The Kier molecular flexibility index (Phi) is 17.4. The van der Waals surface area contributed by atoms with Crippen molar-refractivity contribution in [2.24, 2.45) is 0 Å². The van der Waals surface area contributed by atoms with Gasteiger partial charge in [0, 0.05) is 19.5 Å². The summed E-state index contributed by atoms with van der Waals surface area (Å²) >= 11 is 0. The van der Waals surface area contributed by atoms with Gasteiger partial charge in [-0.25, -0.2) is 9.59 Å². The maximum Gasteiger partial charge on any atom is 0.335 e. The van der Waals surface area contributed by atoms with E-state index < -0.39 is 27.8 Å². The summed E-state index contributed by atoms with van der Waals surface area (Å²) in [6.07, 6.45) is 0. The summed E-state index contributed by atoms with van der Waals surface area (Å²) in [6, 6.07) is 84.3. The second-order valence-corrected chi connectivity index (χ2v) is 19.8. The Morgan fingerprint density at radius 1 is 0.348 bits per heavy atom. The van der Waals surface area contributed by atoms with Crippen LogP contribution < -0.4 is 41.3 Å². The molecular formula is C60H48O6P2Ru. The fourth-order valence-corrected chi connectivity index (χ4v) is 13.0. The fourth-order valence-electron chi connectivity index (χ4n) is 8.05. The molecule has 10 rings (SSSR count). The Labute approximate surface area is 418 Å². The third-order valence-electron chi connectivity index (χ3n) is 11.3. The van der Waals surface area contributed by atoms with Crippen LogP contribution in [-0.4, -0.2) is 36.4 Å². The molecular weight excluding hydrogens is 980 g/mol. The molecule has 0 atom stereocenters. The van der Waals surface area contributed by atoms with Crippen LogP contribution in [0.3, 0.4) is 0 Å². The molecule has 69 heavy (non-hydrogen) atoms. The Bertz CT molecular complexity index is 2950. The summed E-state index contributed by atoms with van der Waals surface area (Å²) < 4.78 is 9.71. The van der Waals surface area contributed by atoms with Gasteiger partial charge in [0.05, 0.1) is 25.3 Å². The number of methoxy groups -OCH3 is 2. The van der Waals surface area contributed by atoms with Gasteiger partial charge < -0.3 is 19.7 Å². The maximum atomic E-state index is 10.4. The van der Waals surface area contributed by atoms with E-state index in [-0.39, 0.29) is 30.6 Å². The largest absolute Gasteiger partial charge is 0.497 e. The number of hydrogen-bond acceptors (Lipinski definition) is 4. The van der Waals surface area contributed by atoms with Gasteiger partial charge >= 0.3 is 11.9 Å². The number of carboxylic acid groups (broad SMARTS) is 2. The van der Waals surface area contributed by atoms with Crippen LogP contribution in [0.15, 0.2) is 243 Å². The van der Waals surface area contributed by atoms with Gasteiger partial charge in [0.1, 0.15) is 11.5 Å². The standard InChI is InChI=1S/C44H32P2.2C8H8O3.Ru/c1-5-19-35(20-6-1)45(36-21-7-2-8-22-36)41-31-29-33-17-13-15-27-39(33)43(41)44-40-28-16-14-18-34(40)30-32-42(44)46(37-23-9-3-10-24-37)38-25-11-4-12-26-38;2*1-11-7-4-2-6(3-5-7)8(9)10;/h1-32H;2*2-5H,1H3,(H,9,10);. The van der Waals surface area contributed by atoms with E-state index in [4.69, 9.17) is 19.7 Å². The van der Waals surface area contributed by atoms with Crippen LogP contribution >= 0.6 is 15.8 Å². The molecule has 0 aliphatic rings. The van der Waals surface area contributed by atoms with E-state index in [0.29, 0.717) is 11.5 Å². The summed E-state index contributed by atoms with van der Waals surface area (Å²) in [4.78, 5) is 20.7. The van der Waals surface area contributed by atoms with Crippen LogP contribution in [0.25, 0.3) is 32.7 Å². The minimum atomic E-state index is -0.923. The number of ether oxygens (including phenoxy) is 2. The predicted octanol–water partition coefficient (Wildman–Crippen LogP) is 12.0. The summed E-state index contributed by atoms with van der Waals surface area (Å²) in [7, 11) is 1.37. The summed E-state index contributed by atoms with van der Waals surface area (Å²) in [6.45, 7) is 0. The molecule has 0 spiro atoms. The topological polar surface area (TPSA) is 93.1 Å². The monoisotopic (exact) mass is 1030 g/mol. The second kappa shape index (κ2) is 24.2. The van der Waals surface area contributed by atoms with E-state index in [1.807, 2.05) is 0 Å². The molecule has 0 aromatic heterocycles. The zero-order chi connectivity index (χ0) is 47.2. The molecule has 0 radical (unpaired) electrons. The van der Waals surface area contributed by atoms with Crippen molar-refractivity contribution >= 4 is 81.2 Å². The van der Waals surface area contributed by atoms with E-state index in [9.17, 15) is 9.59 Å². The van der Waals surface area contributed by atoms with Gasteiger partial charge in [-0.1, -0.05) is 194 Å². The van der Waals surface area contributed by atoms with Gasteiger partial charge in [-0.2, -0.15) is 0 Å². The van der Waals surface area contributed by atoms with Gasteiger partial charge in [0.2, 0.25) is 0 Å². The van der Waals surface area contributed by atoms with E-state index in [0.717, 1.165) is 0 Å². The van der Waals surface area contributed by atoms with Gasteiger partial charge in [0.25, 0.3) is 0 Å². The molecule has 0 amide bonds. The van der Waals surface area contributed by atoms with E-state index in [2.05, 4.69) is 194 Å². The van der Waals surface area contributed by atoms with Gasteiger partial charge in [-0.15, -0.1) is 0 Å². The van der Waals surface area contributed by atoms with Crippen molar-refractivity contribution < 1.29 is 48.8 Å². The Balaban J connectivity index is 0.000000252. The molecule has 0 heterocycles. The van der Waals surface area contributed by atoms with Crippen LogP contribution in [-0.2, 0) is 19.5 Å². The van der Waals surface area contributed by atoms with Crippen LogP contribution in [0, 0.1) is 0 Å². The molecule has 2 N–H and O–H groups in total. The van der Waals surface area contributed by atoms with Crippen molar-refractivity contribution in [2.45, 2.75) is 0 Å². The summed E-state index contributed by atoms with van der Waals surface area (Å²) in [5, 5.41) is 30.3. The zero-order valence-corrected chi connectivity index (χ0v) is 41.4. The smallest absolute Gasteiger partial charge is 0.335 e. The third kappa shape index (κ3) is 11.9. The molecule has 10 aromatic carbocycles. The van der Waals surface area contributed by atoms with Crippen molar-refractivity contribution in [1.82, 2.24) is 0 Å². The van der Waals surface area contributed by atoms with Crippen LogP contribution in [0.1, 0.15) is 20.7 Å². The average Bonchev–Trinajstić information content (AvgIpc) is 3.40. The first-order valence-corrected chi connectivity index (χ1v) is 24.6. The normalized spacial score (nSPS) is 10.6. The van der Waals surface area contributed by atoms with Crippen molar-refractivity contribution in [3.8, 4) is 22.6 Å². The van der Waals surface area contributed by atoms with Crippen LogP contribution in [0.5, 0.6) is 11.5 Å². The van der Waals surface area contributed by atoms with Gasteiger partial charge in [0.15, 0.2) is 0 Å². The summed E-state index contributed by atoms with van der Waals surface area (Å²) in [5.74, 6) is -0.523. The summed E-state index contributed by atoms with van der Waals surface area (Å²) in [5.41, 5.74) is 3.24. The molecule has 0 aliphatic carbocycles. The minimum Gasteiger partial charge on any atom is -0.497 e. The number of carbonyl (C=O) groups is 2. The predicted molar refractivity (Wildman–Crippen MR) is 284 cm³/mol. The van der Waals surface area contributed by atoms with Crippen molar-refractivity contribution in [2.75, 3.05) is 14.2 Å².